The summed E-state index contributed by atoms with van der Waals surface area (Å²) in [6, 6.07) is 19.6. The zero-order chi connectivity index (χ0) is 19.2. The fraction of sp³-hybridized carbons (Fsp3) is 0.227. The minimum atomic E-state index is -0.694. The van der Waals surface area contributed by atoms with E-state index in [2.05, 4.69) is 10.3 Å². The van der Waals surface area contributed by atoms with Crippen molar-refractivity contribution in [3.8, 4) is 17.0 Å². The average molecular weight is 447 g/mol. The molecule has 0 saturated carbocycles. The topological polar surface area (TPSA) is 67.4 Å². The second kappa shape index (κ2) is 10.9. The van der Waals surface area contributed by atoms with Crippen molar-refractivity contribution in [1.82, 2.24) is 20.2 Å². The van der Waals surface area contributed by atoms with Crippen LogP contribution in [0.5, 0.6) is 5.75 Å². The number of carbonyl (C=O) groups excluding carboxylic acids is 1. The Bertz CT molecular complexity index is 931. The Kier molecular flexibility index (Phi) is 8.59. The summed E-state index contributed by atoms with van der Waals surface area (Å²) in [6.45, 7) is 2.19. The Balaban J connectivity index is 0.00000160. The summed E-state index contributed by atoms with van der Waals surface area (Å²) in [5, 5.41) is 3.40. The van der Waals surface area contributed by atoms with Crippen molar-refractivity contribution in [1.29, 1.82) is 0 Å². The van der Waals surface area contributed by atoms with Gasteiger partial charge in [0.15, 0.2) is 0 Å². The van der Waals surface area contributed by atoms with Crippen molar-refractivity contribution in [2.24, 2.45) is 0 Å². The van der Waals surface area contributed by atoms with Gasteiger partial charge in [0, 0.05) is 31.4 Å². The molecule has 1 amide bonds. The smallest absolute Gasteiger partial charge is 0.210 e. The Morgan fingerprint density at radius 2 is 1.90 bits per heavy atom. The Labute approximate surface area is 188 Å². The average Bonchev–Trinajstić information content (AvgIpc) is 2.79. The van der Waals surface area contributed by atoms with Crippen LogP contribution in [0, 0.1) is 0 Å². The molecular weight excluding hydrogens is 423 g/mol. The molecule has 1 atom stereocenters. The van der Waals surface area contributed by atoms with Crippen LogP contribution in [-0.2, 0) is 10.3 Å². The second-order valence-corrected chi connectivity index (χ2v) is 6.76. The lowest BCUT2D eigenvalue weighted by molar-refractivity contribution is -0.127. The van der Waals surface area contributed by atoms with Crippen molar-refractivity contribution >= 4 is 31.2 Å². The summed E-state index contributed by atoms with van der Waals surface area (Å²) in [7, 11) is 0. The van der Waals surface area contributed by atoms with E-state index in [1.807, 2.05) is 60.7 Å². The maximum atomic E-state index is 11.9. The largest absolute Gasteiger partial charge is 0.489 e. The van der Waals surface area contributed by atoms with E-state index in [0.717, 1.165) is 29.9 Å². The molecule has 0 radical (unpaired) electrons. The highest BCUT2D eigenvalue weighted by atomic mass is 35.5. The van der Waals surface area contributed by atoms with Gasteiger partial charge in [-0.05, 0) is 24.3 Å². The van der Waals surface area contributed by atoms with Gasteiger partial charge in [0.2, 0.25) is 6.41 Å². The summed E-state index contributed by atoms with van der Waals surface area (Å²) in [4.78, 5) is 22.7. The van der Waals surface area contributed by atoms with Crippen LogP contribution in [0.1, 0.15) is 5.69 Å². The SMILES string of the molecule is Cl.Cl.O=CN1CCNCC1(COc1cccnc1)c1cccc(-c2ccccc2)n1. The molecule has 6 nitrogen and oxygen atoms in total. The molecule has 8 heteroatoms. The second-order valence-electron chi connectivity index (χ2n) is 6.76. The highest BCUT2D eigenvalue weighted by molar-refractivity contribution is 5.85. The van der Waals surface area contributed by atoms with Crippen LogP contribution in [0.15, 0.2) is 73.1 Å². The molecule has 0 aliphatic carbocycles. The molecule has 1 fully saturated rings. The Morgan fingerprint density at radius 1 is 1.07 bits per heavy atom. The van der Waals surface area contributed by atoms with Crippen molar-refractivity contribution in [3.05, 3.63) is 78.8 Å². The lowest BCUT2D eigenvalue weighted by atomic mass is 9.90. The van der Waals surface area contributed by atoms with Crippen LogP contribution in [-0.4, -0.2) is 47.5 Å². The van der Waals surface area contributed by atoms with Crippen LogP contribution < -0.4 is 10.1 Å². The number of nitrogens with zero attached hydrogens (tertiary/aromatic N) is 3. The molecule has 1 N–H and O–H groups in total. The van der Waals surface area contributed by atoms with Gasteiger partial charge < -0.3 is 15.0 Å². The number of aromatic nitrogens is 2. The number of amides is 1. The zero-order valence-corrected chi connectivity index (χ0v) is 17.9. The number of carbonyl (C=O) groups is 1. The van der Waals surface area contributed by atoms with Crippen LogP contribution in [0.25, 0.3) is 11.3 Å². The van der Waals surface area contributed by atoms with E-state index in [4.69, 9.17) is 9.72 Å². The fourth-order valence-electron chi connectivity index (χ4n) is 3.51. The quantitative estimate of drug-likeness (QED) is 0.588. The molecule has 0 bridgehead atoms. The summed E-state index contributed by atoms with van der Waals surface area (Å²) >= 11 is 0. The maximum Gasteiger partial charge on any atom is 0.210 e. The molecule has 1 aliphatic heterocycles. The number of hydrogen-bond acceptors (Lipinski definition) is 5. The lowest BCUT2D eigenvalue weighted by Crippen LogP contribution is -2.61. The van der Waals surface area contributed by atoms with E-state index in [-0.39, 0.29) is 31.4 Å². The molecule has 0 spiro atoms. The first-order valence-corrected chi connectivity index (χ1v) is 9.30. The predicted molar refractivity (Wildman–Crippen MR) is 121 cm³/mol. The van der Waals surface area contributed by atoms with E-state index in [0.29, 0.717) is 18.8 Å². The number of hydrogen-bond donors (Lipinski definition) is 1. The number of pyridine rings is 2. The third kappa shape index (κ3) is 4.90. The normalized spacial score (nSPS) is 17.9. The maximum absolute atomic E-state index is 11.9. The van der Waals surface area contributed by atoms with Gasteiger partial charge in [-0.25, -0.2) is 0 Å². The molecule has 1 aromatic carbocycles. The van der Waals surface area contributed by atoms with Gasteiger partial charge in [-0.2, -0.15) is 0 Å². The van der Waals surface area contributed by atoms with Gasteiger partial charge in [-0.15, -0.1) is 24.8 Å². The van der Waals surface area contributed by atoms with E-state index < -0.39 is 5.54 Å². The molecule has 1 saturated heterocycles. The molecular formula is C22H24Cl2N4O2. The van der Waals surface area contributed by atoms with Gasteiger partial charge in [-0.1, -0.05) is 36.4 Å². The Morgan fingerprint density at radius 3 is 2.63 bits per heavy atom. The lowest BCUT2D eigenvalue weighted by Gasteiger charge is -2.44. The first-order chi connectivity index (χ1) is 13.8. The minimum absolute atomic E-state index is 0. The summed E-state index contributed by atoms with van der Waals surface area (Å²) in [6.07, 6.45) is 4.26. The molecule has 30 heavy (non-hydrogen) atoms. The number of rotatable bonds is 6. The van der Waals surface area contributed by atoms with Gasteiger partial charge in [0.05, 0.1) is 17.6 Å². The summed E-state index contributed by atoms with van der Waals surface area (Å²) < 4.78 is 6.04. The van der Waals surface area contributed by atoms with Crippen LogP contribution in [0.3, 0.4) is 0 Å². The van der Waals surface area contributed by atoms with E-state index in [1.165, 1.54) is 0 Å². The molecule has 2 aromatic heterocycles. The van der Waals surface area contributed by atoms with Crippen molar-refractivity contribution in [2.45, 2.75) is 5.54 Å². The van der Waals surface area contributed by atoms with Crippen molar-refractivity contribution < 1.29 is 9.53 Å². The van der Waals surface area contributed by atoms with E-state index >= 15 is 0 Å². The summed E-state index contributed by atoms with van der Waals surface area (Å²) in [5.41, 5.74) is 2.02. The summed E-state index contributed by atoms with van der Waals surface area (Å²) in [5.74, 6) is 0.664. The van der Waals surface area contributed by atoms with Crippen molar-refractivity contribution in [3.63, 3.8) is 0 Å². The fourth-order valence-corrected chi connectivity index (χ4v) is 3.51. The molecule has 1 unspecified atom stereocenters. The highest BCUT2D eigenvalue weighted by Crippen LogP contribution is 2.30. The zero-order valence-electron chi connectivity index (χ0n) is 16.3. The first-order valence-electron chi connectivity index (χ1n) is 9.30. The molecule has 1 aliphatic rings. The number of halogens is 2. The predicted octanol–water partition coefficient (Wildman–Crippen LogP) is 3.32. The third-order valence-electron chi connectivity index (χ3n) is 5.03. The van der Waals surface area contributed by atoms with Crippen molar-refractivity contribution in [2.75, 3.05) is 26.2 Å². The monoisotopic (exact) mass is 446 g/mol. The van der Waals surface area contributed by atoms with Gasteiger partial charge in [0.1, 0.15) is 17.9 Å². The van der Waals surface area contributed by atoms with Crippen LogP contribution in [0.4, 0.5) is 0 Å². The molecule has 158 valence electrons. The van der Waals surface area contributed by atoms with E-state index in [9.17, 15) is 4.79 Å². The van der Waals surface area contributed by atoms with Gasteiger partial charge in [0.25, 0.3) is 0 Å². The van der Waals surface area contributed by atoms with E-state index in [1.54, 1.807) is 17.3 Å². The number of benzene rings is 1. The van der Waals surface area contributed by atoms with Gasteiger partial charge >= 0.3 is 0 Å². The first kappa shape index (κ1) is 23.6. The number of nitrogens with one attached hydrogen (secondary N) is 1. The molecule has 3 aromatic rings. The Hall–Kier alpha value is -2.67. The standard InChI is InChI=1S/C22H22N4O2.2ClH/c27-17-26-13-12-24-15-22(26,16-28-19-8-5-11-23-14-19)21-10-4-9-20(25-21)18-6-2-1-3-7-18;;/h1-11,14,17,24H,12-13,15-16H2;2*1H. The highest BCUT2D eigenvalue weighted by Gasteiger charge is 2.42. The molecule has 3 heterocycles. The van der Waals surface area contributed by atoms with Crippen LogP contribution >= 0.6 is 24.8 Å². The third-order valence-corrected chi connectivity index (χ3v) is 5.03. The number of piperazine rings is 1. The number of ether oxygens (including phenoxy) is 1. The van der Waals surface area contributed by atoms with Gasteiger partial charge in [-0.3, -0.25) is 14.8 Å². The molecule has 4 rings (SSSR count). The van der Waals surface area contributed by atoms with Crippen LogP contribution in [0.2, 0.25) is 0 Å². The minimum Gasteiger partial charge on any atom is -0.489 e.